The van der Waals surface area contributed by atoms with Crippen molar-refractivity contribution in [2.24, 2.45) is 5.92 Å². The van der Waals surface area contributed by atoms with Gasteiger partial charge >= 0.3 is 5.97 Å². The average Bonchev–Trinajstić information content (AvgIpc) is 1.92. The van der Waals surface area contributed by atoms with Crippen molar-refractivity contribution in [3.63, 3.8) is 0 Å². The minimum Gasteiger partial charge on any atom is -0.481 e. The van der Waals surface area contributed by atoms with E-state index in [4.69, 9.17) is 5.11 Å². The summed E-state index contributed by atoms with van der Waals surface area (Å²) < 4.78 is 0. The lowest BCUT2D eigenvalue weighted by Gasteiger charge is -2.38. The van der Waals surface area contributed by atoms with Gasteiger partial charge in [0.1, 0.15) is 0 Å². The van der Waals surface area contributed by atoms with Crippen LogP contribution < -0.4 is 0 Å². The minimum absolute atomic E-state index is 0.323. The number of rotatable bonds is 5. The predicted molar refractivity (Wildman–Crippen MR) is 51.6 cm³/mol. The Morgan fingerprint density at radius 1 is 1.62 bits per heavy atom. The van der Waals surface area contributed by atoms with Crippen molar-refractivity contribution in [2.75, 3.05) is 19.6 Å². The van der Waals surface area contributed by atoms with Gasteiger partial charge in [-0.3, -0.25) is 4.79 Å². The molecule has 1 aliphatic rings. The Morgan fingerprint density at radius 2 is 2.23 bits per heavy atom. The summed E-state index contributed by atoms with van der Waals surface area (Å²) in [6.45, 7) is 8.78. The third-order valence-electron chi connectivity index (χ3n) is 2.35. The fourth-order valence-electron chi connectivity index (χ4n) is 1.58. The molecule has 13 heavy (non-hydrogen) atoms. The molecule has 1 aliphatic heterocycles. The number of aliphatic carboxylic acids is 1. The number of nitrogens with zero attached hydrogens (tertiary/aromatic N) is 1. The SMILES string of the molecule is C=C(C)CCN1CC(CC(=O)O)C1. The molecule has 0 amide bonds. The molecule has 3 nitrogen and oxygen atoms in total. The Bertz CT molecular complexity index is 207. The highest BCUT2D eigenvalue weighted by Crippen LogP contribution is 2.19. The molecule has 0 aliphatic carbocycles. The zero-order valence-corrected chi connectivity index (χ0v) is 8.12. The van der Waals surface area contributed by atoms with Gasteiger partial charge in [0.2, 0.25) is 0 Å². The highest BCUT2D eigenvalue weighted by molar-refractivity contribution is 5.67. The molecule has 1 saturated heterocycles. The molecule has 0 radical (unpaired) electrons. The average molecular weight is 183 g/mol. The van der Waals surface area contributed by atoms with Crippen LogP contribution in [0.1, 0.15) is 19.8 Å². The summed E-state index contributed by atoms with van der Waals surface area (Å²) in [4.78, 5) is 12.6. The van der Waals surface area contributed by atoms with E-state index in [1.165, 1.54) is 5.57 Å². The van der Waals surface area contributed by atoms with E-state index >= 15 is 0 Å². The monoisotopic (exact) mass is 183 g/mol. The molecule has 1 N–H and O–H groups in total. The van der Waals surface area contributed by atoms with Gasteiger partial charge in [-0.15, -0.1) is 6.58 Å². The van der Waals surface area contributed by atoms with Crippen LogP contribution in [0, 0.1) is 5.92 Å². The molecule has 0 unspecified atom stereocenters. The van der Waals surface area contributed by atoms with Crippen molar-refractivity contribution >= 4 is 5.97 Å². The summed E-state index contributed by atoms with van der Waals surface area (Å²) in [6, 6.07) is 0. The van der Waals surface area contributed by atoms with Crippen molar-refractivity contribution in [3.05, 3.63) is 12.2 Å². The lowest BCUT2D eigenvalue weighted by Crippen LogP contribution is -2.47. The minimum atomic E-state index is -0.676. The Balaban J connectivity index is 2.05. The van der Waals surface area contributed by atoms with E-state index in [2.05, 4.69) is 11.5 Å². The van der Waals surface area contributed by atoms with E-state index in [0.29, 0.717) is 12.3 Å². The smallest absolute Gasteiger partial charge is 0.303 e. The third kappa shape index (κ3) is 3.59. The summed E-state index contributed by atoms with van der Waals surface area (Å²) >= 11 is 0. The maximum atomic E-state index is 10.3. The molecule has 0 aromatic rings. The summed E-state index contributed by atoms with van der Waals surface area (Å²) in [5.41, 5.74) is 1.20. The van der Waals surface area contributed by atoms with Crippen LogP contribution >= 0.6 is 0 Å². The number of carbonyl (C=O) groups is 1. The van der Waals surface area contributed by atoms with E-state index in [0.717, 1.165) is 26.1 Å². The topological polar surface area (TPSA) is 40.5 Å². The van der Waals surface area contributed by atoms with Gasteiger partial charge in [-0.1, -0.05) is 5.57 Å². The number of hydrogen-bond donors (Lipinski definition) is 1. The molecule has 0 saturated carbocycles. The van der Waals surface area contributed by atoms with E-state index in [1.807, 2.05) is 6.92 Å². The second-order valence-corrected chi connectivity index (χ2v) is 3.93. The summed E-state index contributed by atoms with van der Waals surface area (Å²) in [5, 5.41) is 8.52. The van der Waals surface area contributed by atoms with Crippen LogP contribution in [0.5, 0.6) is 0 Å². The zero-order valence-electron chi connectivity index (χ0n) is 8.12. The van der Waals surface area contributed by atoms with Gasteiger partial charge in [-0.25, -0.2) is 0 Å². The zero-order chi connectivity index (χ0) is 9.84. The highest BCUT2D eigenvalue weighted by atomic mass is 16.4. The highest BCUT2D eigenvalue weighted by Gasteiger charge is 2.27. The summed E-state index contributed by atoms with van der Waals surface area (Å²) in [5.74, 6) is -0.299. The molecule has 1 rings (SSSR count). The van der Waals surface area contributed by atoms with Crippen LogP contribution in [0.25, 0.3) is 0 Å². The Kier molecular flexibility index (Phi) is 3.48. The number of likely N-dealkylation sites (tertiary alicyclic amines) is 1. The van der Waals surface area contributed by atoms with Crippen LogP contribution in [-0.2, 0) is 4.79 Å². The first-order chi connectivity index (χ1) is 6.08. The van der Waals surface area contributed by atoms with Crippen molar-refractivity contribution in [2.45, 2.75) is 19.8 Å². The first kappa shape index (κ1) is 10.3. The Hall–Kier alpha value is -0.830. The van der Waals surface area contributed by atoms with Crippen molar-refractivity contribution < 1.29 is 9.90 Å². The van der Waals surface area contributed by atoms with Crippen molar-refractivity contribution in [1.29, 1.82) is 0 Å². The maximum absolute atomic E-state index is 10.3. The molecule has 3 heteroatoms. The third-order valence-corrected chi connectivity index (χ3v) is 2.35. The van der Waals surface area contributed by atoms with Crippen molar-refractivity contribution in [3.8, 4) is 0 Å². The quantitative estimate of drug-likeness (QED) is 0.654. The standard InChI is InChI=1S/C10H17NO2/c1-8(2)3-4-11-6-9(7-11)5-10(12)13/h9H,1,3-7H2,2H3,(H,12,13). The molecule has 0 spiro atoms. The molecule has 74 valence electrons. The fourth-order valence-corrected chi connectivity index (χ4v) is 1.58. The number of hydrogen-bond acceptors (Lipinski definition) is 2. The van der Waals surface area contributed by atoms with Crippen molar-refractivity contribution in [1.82, 2.24) is 4.90 Å². The Labute approximate surface area is 79.0 Å². The molecule has 1 fully saturated rings. The van der Waals surface area contributed by atoms with E-state index in [-0.39, 0.29) is 0 Å². The number of carboxylic acid groups (broad SMARTS) is 1. The van der Waals surface area contributed by atoms with Gasteiger partial charge in [0, 0.05) is 19.6 Å². The Morgan fingerprint density at radius 3 is 2.69 bits per heavy atom. The van der Waals surface area contributed by atoms with Crippen LogP contribution in [-0.4, -0.2) is 35.6 Å². The first-order valence-electron chi connectivity index (χ1n) is 4.66. The normalized spacial score (nSPS) is 18.2. The van der Waals surface area contributed by atoms with Gasteiger partial charge < -0.3 is 10.0 Å². The molecule has 0 bridgehead atoms. The van der Waals surface area contributed by atoms with Gasteiger partial charge in [-0.2, -0.15) is 0 Å². The fraction of sp³-hybridized carbons (Fsp3) is 0.700. The van der Waals surface area contributed by atoms with Gasteiger partial charge in [0.15, 0.2) is 0 Å². The number of carboxylic acids is 1. The van der Waals surface area contributed by atoms with Crippen LogP contribution in [0.3, 0.4) is 0 Å². The van der Waals surface area contributed by atoms with E-state index in [1.54, 1.807) is 0 Å². The molecule has 0 atom stereocenters. The van der Waals surface area contributed by atoms with E-state index < -0.39 is 5.97 Å². The lowest BCUT2D eigenvalue weighted by molar-refractivity contribution is -0.139. The molecule has 0 aromatic carbocycles. The van der Waals surface area contributed by atoms with Crippen LogP contribution in [0.2, 0.25) is 0 Å². The van der Waals surface area contributed by atoms with E-state index in [9.17, 15) is 4.79 Å². The maximum Gasteiger partial charge on any atom is 0.303 e. The molecule has 0 aromatic heterocycles. The van der Waals surface area contributed by atoms with Gasteiger partial charge in [0.05, 0.1) is 6.42 Å². The molecular weight excluding hydrogens is 166 g/mol. The lowest BCUT2D eigenvalue weighted by atomic mass is 9.96. The van der Waals surface area contributed by atoms with Crippen LogP contribution in [0.4, 0.5) is 0 Å². The molecule has 1 heterocycles. The molecular formula is C10H17NO2. The summed E-state index contributed by atoms with van der Waals surface area (Å²) in [6.07, 6.45) is 1.35. The summed E-state index contributed by atoms with van der Waals surface area (Å²) in [7, 11) is 0. The first-order valence-corrected chi connectivity index (χ1v) is 4.66. The van der Waals surface area contributed by atoms with Crippen LogP contribution in [0.15, 0.2) is 12.2 Å². The second-order valence-electron chi connectivity index (χ2n) is 3.93. The van der Waals surface area contributed by atoms with Gasteiger partial charge in [0.25, 0.3) is 0 Å². The predicted octanol–water partition coefficient (Wildman–Crippen LogP) is 1.36. The second kappa shape index (κ2) is 4.42. The largest absolute Gasteiger partial charge is 0.481 e. The van der Waals surface area contributed by atoms with Gasteiger partial charge in [-0.05, 0) is 19.3 Å².